The largest absolute Gasteiger partial charge is 0.407 e. The third kappa shape index (κ3) is 4.24. The molecule has 0 spiro atoms. The van der Waals surface area contributed by atoms with E-state index < -0.39 is 8.56 Å². The number of halogens is 3. The molecule has 0 unspecified atom stereocenters. The van der Waals surface area contributed by atoms with Gasteiger partial charge in [-0.25, -0.2) is 0 Å². The lowest BCUT2D eigenvalue weighted by atomic mass is 10.4. The Bertz CT molecular complexity index is 626. The molecule has 0 saturated heterocycles. The van der Waals surface area contributed by atoms with Gasteiger partial charge < -0.3 is 8.85 Å². The molecule has 2 nitrogen and oxygen atoms in total. The molecule has 0 fully saturated rings. The van der Waals surface area contributed by atoms with Crippen LogP contribution in [0.1, 0.15) is 13.8 Å². The van der Waals surface area contributed by atoms with Crippen molar-refractivity contribution >= 4 is 86.7 Å². The Labute approximate surface area is 174 Å². The van der Waals surface area contributed by atoms with Gasteiger partial charge in [0.25, 0.3) is 0 Å². The highest BCUT2D eigenvalue weighted by Crippen LogP contribution is 2.17. The van der Waals surface area contributed by atoms with Crippen LogP contribution in [0, 0.1) is 10.7 Å². The Morgan fingerprint density at radius 3 is 1.82 bits per heavy atom. The van der Waals surface area contributed by atoms with Gasteiger partial charge in [0.15, 0.2) is 0 Å². The van der Waals surface area contributed by atoms with Gasteiger partial charge in [0, 0.05) is 23.9 Å². The molecule has 0 radical (unpaired) electrons. The van der Waals surface area contributed by atoms with E-state index in [1.54, 1.807) is 0 Å². The number of hydrogen-bond donors (Lipinski definition) is 0. The molecule has 0 atom stereocenters. The number of rotatable bonds is 6. The van der Waals surface area contributed by atoms with Gasteiger partial charge in [0.2, 0.25) is 0 Å². The highest BCUT2D eigenvalue weighted by Gasteiger charge is 2.42. The zero-order valence-corrected chi connectivity index (χ0v) is 19.9. The second-order valence-corrected chi connectivity index (χ2v) is 11.2. The van der Waals surface area contributed by atoms with Gasteiger partial charge >= 0.3 is 8.56 Å². The van der Waals surface area contributed by atoms with Crippen LogP contribution in [-0.2, 0) is 8.85 Å². The van der Waals surface area contributed by atoms with E-state index >= 15 is 0 Å². The fourth-order valence-corrected chi connectivity index (χ4v) is 6.96. The highest BCUT2D eigenvalue weighted by atomic mass is 127. The van der Waals surface area contributed by atoms with Crippen molar-refractivity contribution in [3.63, 3.8) is 0 Å². The molecule has 2 rings (SSSR count). The van der Waals surface area contributed by atoms with E-state index in [4.69, 9.17) is 8.85 Å². The second kappa shape index (κ2) is 8.74. The second-order valence-electron chi connectivity index (χ2n) is 4.62. The van der Waals surface area contributed by atoms with Crippen molar-refractivity contribution in [3.8, 4) is 0 Å². The molecule has 0 aliphatic heterocycles. The summed E-state index contributed by atoms with van der Waals surface area (Å²) in [4.78, 5) is 0. The monoisotopic (exact) mass is 650 g/mol. The van der Waals surface area contributed by atoms with Crippen LogP contribution in [0.4, 0.5) is 0 Å². The van der Waals surface area contributed by atoms with Crippen LogP contribution in [0.5, 0.6) is 0 Å². The summed E-state index contributed by atoms with van der Waals surface area (Å²) in [6.07, 6.45) is 0. The zero-order chi connectivity index (χ0) is 16.2. The van der Waals surface area contributed by atoms with Crippen molar-refractivity contribution in [1.82, 2.24) is 0 Å². The molecule has 0 saturated carbocycles. The van der Waals surface area contributed by atoms with Gasteiger partial charge in [-0.15, -0.1) is 0 Å². The summed E-state index contributed by atoms with van der Waals surface area (Å²) in [6, 6.07) is 15.0. The Balaban J connectivity index is 2.61. The van der Waals surface area contributed by atoms with Crippen LogP contribution in [0.2, 0.25) is 0 Å². The predicted octanol–water partition coefficient (Wildman–Crippen LogP) is 4.13. The minimum atomic E-state index is -2.64. The Hall–Kier alpha value is 0.767. The van der Waals surface area contributed by atoms with Crippen LogP contribution in [0.25, 0.3) is 0 Å². The van der Waals surface area contributed by atoms with Gasteiger partial charge in [-0.1, -0.05) is 18.2 Å². The topological polar surface area (TPSA) is 18.5 Å². The molecular weight excluding hydrogens is 633 g/mol. The van der Waals surface area contributed by atoms with Crippen LogP contribution < -0.4 is 10.4 Å². The van der Waals surface area contributed by atoms with E-state index in [1.807, 2.05) is 13.8 Å². The maximum Gasteiger partial charge on any atom is 0.407 e. The standard InChI is InChI=1S/C16H17I3O2Si/c1-3-20-22(21-4-2,13-7-5-12(17)6-8-13)14-9-10-15(18)16(19)11-14/h5-11H,3-4H2,1-2H3. The van der Waals surface area contributed by atoms with E-state index in [9.17, 15) is 0 Å². The van der Waals surface area contributed by atoms with Crippen LogP contribution >= 0.6 is 67.8 Å². The van der Waals surface area contributed by atoms with Crippen molar-refractivity contribution in [1.29, 1.82) is 0 Å². The number of hydrogen-bond acceptors (Lipinski definition) is 2. The summed E-state index contributed by atoms with van der Waals surface area (Å²) in [5, 5.41) is 2.33. The van der Waals surface area contributed by atoms with Crippen LogP contribution in [0.3, 0.4) is 0 Å². The zero-order valence-electron chi connectivity index (χ0n) is 12.4. The van der Waals surface area contributed by atoms with Crippen molar-refractivity contribution in [2.75, 3.05) is 13.2 Å². The minimum Gasteiger partial charge on any atom is -0.388 e. The summed E-state index contributed by atoms with van der Waals surface area (Å²) >= 11 is 7.05. The SMILES string of the molecule is CCO[Si](OCC)(c1ccc(I)cc1)c1ccc(I)c(I)c1. The molecule has 6 heteroatoms. The smallest absolute Gasteiger partial charge is 0.388 e. The van der Waals surface area contributed by atoms with Gasteiger partial charge in [0.1, 0.15) is 0 Å². The fourth-order valence-electron chi connectivity index (χ4n) is 2.32. The lowest BCUT2D eigenvalue weighted by molar-refractivity contribution is 0.208. The van der Waals surface area contributed by atoms with E-state index in [0.717, 1.165) is 5.19 Å². The third-order valence-electron chi connectivity index (χ3n) is 3.22. The van der Waals surface area contributed by atoms with Crippen molar-refractivity contribution in [3.05, 3.63) is 53.2 Å². The molecule has 0 aliphatic rings. The molecule has 0 amide bonds. The van der Waals surface area contributed by atoms with Crippen molar-refractivity contribution in [2.24, 2.45) is 0 Å². The average molecular weight is 650 g/mol. The molecule has 0 aromatic heterocycles. The molecule has 0 N–H and O–H groups in total. The molecule has 2 aromatic carbocycles. The quantitative estimate of drug-likeness (QED) is 0.346. The molecule has 22 heavy (non-hydrogen) atoms. The summed E-state index contributed by atoms with van der Waals surface area (Å²) in [7, 11) is -2.64. The summed E-state index contributed by atoms with van der Waals surface area (Å²) in [5.41, 5.74) is 0. The molecule has 0 bridgehead atoms. The molecule has 2 aromatic rings. The first-order valence-corrected chi connectivity index (χ1v) is 12.1. The summed E-state index contributed by atoms with van der Waals surface area (Å²) < 4.78 is 16.3. The maximum absolute atomic E-state index is 6.29. The molecular formula is C16H17I3O2Si. The van der Waals surface area contributed by atoms with Crippen molar-refractivity contribution < 1.29 is 8.85 Å². The van der Waals surface area contributed by atoms with E-state index in [2.05, 4.69) is 110 Å². The first kappa shape index (κ1) is 19.1. The Morgan fingerprint density at radius 2 is 1.32 bits per heavy atom. The first-order valence-electron chi connectivity index (χ1n) is 7.03. The van der Waals surface area contributed by atoms with Gasteiger partial charge in [-0.05, 0) is 116 Å². The van der Waals surface area contributed by atoms with E-state index in [1.165, 1.54) is 15.9 Å². The van der Waals surface area contributed by atoms with Gasteiger partial charge in [-0.3, -0.25) is 0 Å². The number of benzene rings is 2. The fraction of sp³-hybridized carbons (Fsp3) is 0.250. The lowest BCUT2D eigenvalue weighted by Crippen LogP contribution is -2.63. The summed E-state index contributed by atoms with van der Waals surface area (Å²) in [6.45, 7) is 5.35. The average Bonchev–Trinajstić information content (AvgIpc) is 2.50. The Kier molecular flexibility index (Phi) is 7.59. The summed E-state index contributed by atoms with van der Waals surface area (Å²) in [5.74, 6) is 0. The van der Waals surface area contributed by atoms with E-state index in [0.29, 0.717) is 13.2 Å². The lowest BCUT2D eigenvalue weighted by Gasteiger charge is -2.31. The van der Waals surface area contributed by atoms with Gasteiger partial charge in [0.05, 0.1) is 0 Å². The predicted molar refractivity (Wildman–Crippen MR) is 119 cm³/mol. The maximum atomic E-state index is 6.29. The first-order chi connectivity index (χ1) is 10.5. The molecule has 118 valence electrons. The normalized spacial score (nSPS) is 11.7. The van der Waals surface area contributed by atoms with Crippen molar-refractivity contribution in [2.45, 2.75) is 13.8 Å². The Morgan fingerprint density at radius 1 is 0.773 bits per heavy atom. The molecule has 0 heterocycles. The minimum absolute atomic E-state index is 0.640. The van der Waals surface area contributed by atoms with E-state index in [-0.39, 0.29) is 0 Å². The van der Waals surface area contributed by atoms with Crippen LogP contribution in [0.15, 0.2) is 42.5 Å². The van der Waals surface area contributed by atoms with Gasteiger partial charge in [-0.2, -0.15) is 0 Å². The highest BCUT2D eigenvalue weighted by molar-refractivity contribution is 14.1. The molecule has 0 aliphatic carbocycles. The third-order valence-corrected chi connectivity index (χ3v) is 10.4. The van der Waals surface area contributed by atoms with Crippen LogP contribution in [-0.4, -0.2) is 21.8 Å².